The topological polar surface area (TPSA) is 71.8 Å². The molecular formula is C17H22BrN5O. The number of carbonyl (C=O) groups excluding carboxylic acids is 1. The Kier molecular flexibility index (Phi) is 4.62. The second kappa shape index (κ2) is 6.55. The van der Waals surface area contributed by atoms with E-state index >= 15 is 0 Å². The Balaban J connectivity index is 1.80. The van der Waals surface area contributed by atoms with Gasteiger partial charge < -0.3 is 10.6 Å². The number of hydrogen-bond donors (Lipinski definition) is 2. The molecule has 0 fully saturated rings. The van der Waals surface area contributed by atoms with E-state index in [1.54, 1.807) is 6.08 Å². The van der Waals surface area contributed by atoms with E-state index in [1.807, 2.05) is 16.8 Å². The summed E-state index contributed by atoms with van der Waals surface area (Å²) in [5.74, 6) is -0.0160. The lowest BCUT2D eigenvalue weighted by Crippen LogP contribution is -2.28. The minimum Gasteiger partial charge on any atom is -0.380 e. The van der Waals surface area contributed by atoms with Crippen molar-refractivity contribution in [3.8, 4) is 0 Å². The number of anilines is 1. The van der Waals surface area contributed by atoms with Gasteiger partial charge in [-0.15, -0.1) is 5.10 Å². The van der Waals surface area contributed by atoms with Gasteiger partial charge in [-0.05, 0) is 45.5 Å². The standard InChI is InChI=1S/C17H22BrN5O/c1-17(2,3)10-23-13-5-4-12(15(18)16(13)21-22-23)20-9-11-6-7-19-14(24)8-11/h4-5,8,20H,6-7,9-10H2,1-3H3,(H,19,24). The van der Waals surface area contributed by atoms with Crippen LogP contribution in [0.25, 0.3) is 11.0 Å². The normalized spacial score (nSPS) is 15.3. The van der Waals surface area contributed by atoms with Crippen molar-refractivity contribution >= 4 is 38.6 Å². The van der Waals surface area contributed by atoms with Crippen molar-refractivity contribution in [2.75, 3.05) is 18.4 Å². The molecule has 2 aromatic rings. The Morgan fingerprint density at radius 3 is 2.88 bits per heavy atom. The molecule has 1 aromatic heterocycles. The predicted octanol–water partition coefficient (Wildman–Crippen LogP) is 3.10. The van der Waals surface area contributed by atoms with Gasteiger partial charge in [0, 0.05) is 25.7 Å². The number of hydrogen-bond acceptors (Lipinski definition) is 4. The number of nitrogens with zero attached hydrogens (tertiary/aromatic N) is 3. The lowest BCUT2D eigenvalue weighted by molar-refractivity contribution is -0.116. The van der Waals surface area contributed by atoms with Gasteiger partial charge in [0.1, 0.15) is 5.52 Å². The maximum absolute atomic E-state index is 11.4. The highest BCUT2D eigenvalue weighted by Crippen LogP contribution is 2.31. The van der Waals surface area contributed by atoms with Gasteiger partial charge in [-0.3, -0.25) is 4.79 Å². The van der Waals surface area contributed by atoms with E-state index in [0.29, 0.717) is 13.1 Å². The van der Waals surface area contributed by atoms with Gasteiger partial charge in [-0.1, -0.05) is 26.0 Å². The van der Waals surface area contributed by atoms with Crippen LogP contribution in [0.4, 0.5) is 5.69 Å². The van der Waals surface area contributed by atoms with Gasteiger partial charge in [0.2, 0.25) is 5.91 Å². The van der Waals surface area contributed by atoms with E-state index < -0.39 is 0 Å². The number of carbonyl (C=O) groups is 1. The first-order valence-electron chi connectivity index (χ1n) is 8.06. The van der Waals surface area contributed by atoms with Gasteiger partial charge >= 0.3 is 0 Å². The predicted molar refractivity (Wildman–Crippen MR) is 98.9 cm³/mol. The Morgan fingerprint density at radius 2 is 2.17 bits per heavy atom. The molecule has 0 unspecified atom stereocenters. The van der Waals surface area contributed by atoms with E-state index in [9.17, 15) is 4.79 Å². The zero-order valence-corrected chi connectivity index (χ0v) is 15.8. The minimum atomic E-state index is -0.0160. The van der Waals surface area contributed by atoms with Gasteiger partial charge in [0.15, 0.2) is 0 Å². The smallest absolute Gasteiger partial charge is 0.244 e. The van der Waals surface area contributed by atoms with Crippen LogP contribution < -0.4 is 10.6 Å². The molecule has 0 spiro atoms. The SMILES string of the molecule is CC(C)(C)Cn1nnc2c(Br)c(NCC3=CC(=O)NCC3)ccc21. The van der Waals surface area contributed by atoms with Crippen molar-refractivity contribution in [1.82, 2.24) is 20.3 Å². The number of amides is 1. The highest BCUT2D eigenvalue weighted by Gasteiger charge is 2.17. The number of halogens is 1. The quantitative estimate of drug-likeness (QED) is 0.839. The van der Waals surface area contributed by atoms with Crippen LogP contribution in [-0.2, 0) is 11.3 Å². The van der Waals surface area contributed by atoms with Crippen LogP contribution in [0.1, 0.15) is 27.2 Å². The fourth-order valence-corrected chi connectivity index (χ4v) is 3.27. The second-order valence-corrected chi connectivity index (χ2v) is 8.09. The van der Waals surface area contributed by atoms with Crippen molar-refractivity contribution in [2.45, 2.75) is 33.7 Å². The minimum absolute atomic E-state index is 0.0160. The molecular weight excluding hydrogens is 370 g/mol. The van der Waals surface area contributed by atoms with Crippen molar-refractivity contribution < 1.29 is 4.79 Å². The molecule has 0 saturated carbocycles. The maximum Gasteiger partial charge on any atom is 0.244 e. The van der Waals surface area contributed by atoms with E-state index in [2.05, 4.69) is 57.6 Å². The molecule has 0 bridgehead atoms. The van der Waals surface area contributed by atoms with Crippen molar-refractivity contribution in [3.05, 3.63) is 28.3 Å². The van der Waals surface area contributed by atoms with Crippen LogP contribution in [0, 0.1) is 5.41 Å². The summed E-state index contributed by atoms with van der Waals surface area (Å²) < 4.78 is 2.85. The Morgan fingerprint density at radius 1 is 1.38 bits per heavy atom. The molecule has 128 valence electrons. The van der Waals surface area contributed by atoms with Crippen LogP contribution >= 0.6 is 15.9 Å². The molecule has 2 N–H and O–H groups in total. The lowest BCUT2D eigenvalue weighted by Gasteiger charge is -2.18. The molecule has 24 heavy (non-hydrogen) atoms. The summed E-state index contributed by atoms with van der Waals surface area (Å²) in [6, 6.07) is 4.06. The summed E-state index contributed by atoms with van der Waals surface area (Å²) in [5.41, 5.74) is 4.05. The summed E-state index contributed by atoms with van der Waals surface area (Å²) in [7, 11) is 0. The number of fused-ring (bicyclic) bond motifs is 1. The van der Waals surface area contributed by atoms with Crippen molar-refractivity contribution in [2.24, 2.45) is 5.41 Å². The average Bonchev–Trinajstić information content (AvgIpc) is 2.89. The molecule has 0 saturated heterocycles. The van der Waals surface area contributed by atoms with Gasteiger partial charge in [0.05, 0.1) is 15.7 Å². The third-order valence-corrected chi connectivity index (χ3v) is 4.64. The first-order valence-corrected chi connectivity index (χ1v) is 8.86. The molecule has 1 aliphatic rings. The largest absolute Gasteiger partial charge is 0.380 e. The second-order valence-electron chi connectivity index (χ2n) is 7.30. The molecule has 1 aliphatic heterocycles. The van der Waals surface area contributed by atoms with E-state index in [1.165, 1.54) is 0 Å². The molecule has 0 atom stereocenters. The summed E-state index contributed by atoms with van der Waals surface area (Å²) in [6.07, 6.45) is 2.54. The highest BCUT2D eigenvalue weighted by molar-refractivity contribution is 9.10. The zero-order valence-electron chi connectivity index (χ0n) is 14.2. The summed E-state index contributed by atoms with van der Waals surface area (Å²) in [6.45, 7) is 8.70. The van der Waals surface area contributed by atoms with Crippen molar-refractivity contribution in [1.29, 1.82) is 0 Å². The summed E-state index contributed by atoms with van der Waals surface area (Å²) >= 11 is 3.63. The van der Waals surface area contributed by atoms with E-state index in [0.717, 1.165) is 39.7 Å². The van der Waals surface area contributed by atoms with Gasteiger partial charge in [0.25, 0.3) is 0 Å². The third kappa shape index (κ3) is 3.77. The molecule has 7 heteroatoms. The first-order chi connectivity index (χ1) is 11.3. The molecule has 6 nitrogen and oxygen atoms in total. The van der Waals surface area contributed by atoms with E-state index in [4.69, 9.17) is 0 Å². The molecule has 3 rings (SSSR count). The zero-order chi connectivity index (χ0) is 17.3. The fourth-order valence-electron chi connectivity index (χ4n) is 2.71. The number of nitrogens with one attached hydrogen (secondary N) is 2. The average molecular weight is 392 g/mol. The third-order valence-electron chi connectivity index (χ3n) is 3.84. The van der Waals surface area contributed by atoms with Gasteiger partial charge in [-0.25, -0.2) is 4.68 Å². The lowest BCUT2D eigenvalue weighted by atomic mass is 9.97. The Labute approximate surface area is 149 Å². The number of aromatic nitrogens is 3. The van der Waals surface area contributed by atoms with Crippen LogP contribution in [0.15, 0.2) is 28.3 Å². The van der Waals surface area contributed by atoms with Crippen molar-refractivity contribution in [3.63, 3.8) is 0 Å². The maximum atomic E-state index is 11.4. The number of rotatable bonds is 4. The molecule has 1 amide bonds. The van der Waals surface area contributed by atoms with Crippen LogP contribution in [0.2, 0.25) is 0 Å². The van der Waals surface area contributed by atoms with Crippen LogP contribution in [0.5, 0.6) is 0 Å². The fraction of sp³-hybridized carbons (Fsp3) is 0.471. The monoisotopic (exact) mass is 391 g/mol. The van der Waals surface area contributed by atoms with Gasteiger partial charge in [-0.2, -0.15) is 0 Å². The van der Waals surface area contributed by atoms with Crippen LogP contribution in [-0.4, -0.2) is 34.0 Å². The molecule has 0 aliphatic carbocycles. The highest BCUT2D eigenvalue weighted by atomic mass is 79.9. The van der Waals surface area contributed by atoms with Crippen LogP contribution in [0.3, 0.4) is 0 Å². The summed E-state index contributed by atoms with van der Waals surface area (Å²) in [4.78, 5) is 11.4. The Bertz CT molecular complexity index is 803. The molecule has 1 aromatic carbocycles. The Hall–Kier alpha value is -1.89. The summed E-state index contributed by atoms with van der Waals surface area (Å²) in [5, 5.41) is 14.8. The van der Waals surface area contributed by atoms with E-state index in [-0.39, 0.29) is 11.3 Å². The number of benzene rings is 1. The molecule has 2 heterocycles. The first kappa shape index (κ1) is 17.0. The molecule has 0 radical (unpaired) electrons.